The summed E-state index contributed by atoms with van der Waals surface area (Å²) in [7, 11) is 0. The summed E-state index contributed by atoms with van der Waals surface area (Å²) in [6.07, 6.45) is 0. The number of rotatable bonds is 5. The number of nitrogens with zero attached hydrogens (tertiary/aromatic N) is 1. The van der Waals surface area contributed by atoms with Crippen molar-refractivity contribution in [1.82, 2.24) is 0 Å². The minimum Gasteiger partial charge on any atom is -0.368 e. The first-order valence-electron chi connectivity index (χ1n) is 5.32. The molecule has 0 aliphatic carbocycles. The maximum Gasteiger partial charge on any atom is 0.293 e. The van der Waals surface area contributed by atoms with Gasteiger partial charge in [0, 0.05) is 9.64 Å². The van der Waals surface area contributed by atoms with Crippen molar-refractivity contribution in [2.75, 3.05) is 5.32 Å². The normalized spacial score (nSPS) is 12.2. The molecule has 0 fully saturated rings. The van der Waals surface area contributed by atoms with Crippen LogP contribution in [0.5, 0.6) is 0 Å². The molecule has 98 valence electrons. The number of nitro groups is 1. The Balaban J connectivity index is 3.10. The van der Waals surface area contributed by atoms with E-state index in [1.165, 1.54) is 6.07 Å². The Labute approximate surface area is 118 Å². The van der Waals surface area contributed by atoms with Gasteiger partial charge in [0.15, 0.2) is 0 Å². The van der Waals surface area contributed by atoms with Gasteiger partial charge in [0.05, 0.1) is 4.92 Å². The van der Waals surface area contributed by atoms with E-state index in [9.17, 15) is 14.9 Å². The molecule has 0 aliphatic heterocycles. The topological polar surface area (TPSA) is 98.3 Å². The first kappa shape index (κ1) is 14.7. The quantitative estimate of drug-likeness (QED) is 0.476. The Bertz CT molecular complexity index is 477. The summed E-state index contributed by atoms with van der Waals surface area (Å²) in [6, 6.07) is 4.12. The molecule has 0 saturated carbocycles. The van der Waals surface area contributed by atoms with Gasteiger partial charge in [-0.05, 0) is 40.6 Å². The lowest BCUT2D eigenvalue weighted by Gasteiger charge is -2.20. The fraction of sp³-hybridized carbons (Fsp3) is 0.364. The van der Waals surface area contributed by atoms with Crippen LogP contribution in [-0.4, -0.2) is 16.9 Å². The van der Waals surface area contributed by atoms with Crippen LogP contribution < -0.4 is 11.1 Å². The van der Waals surface area contributed by atoms with Crippen molar-refractivity contribution in [1.29, 1.82) is 0 Å². The maximum absolute atomic E-state index is 11.3. The third kappa shape index (κ3) is 3.56. The summed E-state index contributed by atoms with van der Waals surface area (Å²) in [6.45, 7) is 3.64. The third-order valence-corrected chi connectivity index (χ3v) is 3.11. The molecule has 1 atom stereocenters. The highest BCUT2D eigenvalue weighted by atomic mass is 127. The second kappa shape index (κ2) is 5.98. The van der Waals surface area contributed by atoms with Gasteiger partial charge in [0.1, 0.15) is 11.7 Å². The zero-order valence-electron chi connectivity index (χ0n) is 10.0. The lowest BCUT2D eigenvalue weighted by molar-refractivity contribution is -0.384. The van der Waals surface area contributed by atoms with Gasteiger partial charge in [-0.15, -0.1) is 0 Å². The fourth-order valence-corrected chi connectivity index (χ4v) is 1.99. The Kier molecular flexibility index (Phi) is 4.88. The highest BCUT2D eigenvalue weighted by Crippen LogP contribution is 2.27. The molecular weight excluding hydrogens is 349 g/mol. The Morgan fingerprint density at radius 1 is 1.50 bits per heavy atom. The zero-order valence-corrected chi connectivity index (χ0v) is 12.2. The number of carbonyl (C=O) groups excluding carboxylic acids is 1. The van der Waals surface area contributed by atoms with E-state index in [0.29, 0.717) is 5.69 Å². The van der Waals surface area contributed by atoms with E-state index in [-0.39, 0.29) is 11.6 Å². The number of anilines is 1. The third-order valence-electron chi connectivity index (χ3n) is 2.44. The SMILES string of the molecule is CC(C)C(Nc1ccc(I)cc1[N+](=O)[O-])C(N)=O. The van der Waals surface area contributed by atoms with Crippen LogP contribution in [0.25, 0.3) is 0 Å². The van der Waals surface area contributed by atoms with E-state index in [2.05, 4.69) is 5.32 Å². The molecule has 18 heavy (non-hydrogen) atoms. The molecule has 1 amide bonds. The average molecular weight is 363 g/mol. The first-order chi connectivity index (χ1) is 8.32. The monoisotopic (exact) mass is 363 g/mol. The molecule has 1 rings (SSSR count). The van der Waals surface area contributed by atoms with Crippen LogP contribution in [0.15, 0.2) is 18.2 Å². The number of nitrogens with two attached hydrogens (primary N) is 1. The molecule has 0 aliphatic rings. The molecule has 0 spiro atoms. The zero-order chi connectivity index (χ0) is 13.9. The molecule has 1 aromatic rings. The minimum absolute atomic E-state index is 0.0543. The van der Waals surface area contributed by atoms with Crippen molar-refractivity contribution >= 4 is 39.9 Å². The van der Waals surface area contributed by atoms with E-state index in [0.717, 1.165) is 3.57 Å². The number of nitro benzene ring substituents is 1. The van der Waals surface area contributed by atoms with Crippen molar-refractivity contribution in [2.24, 2.45) is 11.7 Å². The summed E-state index contributed by atoms with van der Waals surface area (Å²) in [5.41, 5.74) is 5.51. The highest BCUT2D eigenvalue weighted by molar-refractivity contribution is 14.1. The second-order valence-electron chi connectivity index (χ2n) is 4.19. The summed E-state index contributed by atoms with van der Waals surface area (Å²) in [5, 5.41) is 13.8. The summed E-state index contributed by atoms with van der Waals surface area (Å²) < 4.78 is 0.755. The lowest BCUT2D eigenvalue weighted by atomic mass is 10.0. The van der Waals surface area contributed by atoms with Gasteiger partial charge in [-0.1, -0.05) is 13.8 Å². The molecule has 0 heterocycles. The second-order valence-corrected chi connectivity index (χ2v) is 5.43. The highest BCUT2D eigenvalue weighted by Gasteiger charge is 2.23. The van der Waals surface area contributed by atoms with E-state index < -0.39 is 16.9 Å². The smallest absolute Gasteiger partial charge is 0.293 e. The van der Waals surface area contributed by atoms with Gasteiger partial charge in [-0.25, -0.2) is 0 Å². The summed E-state index contributed by atoms with van der Waals surface area (Å²) in [4.78, 5) is 21.7. The molecule has 1 aromatic carbocycles. The fourth-order valence-electron chi connectivity index (χ4n) is 1.51. The number of amides is 1. The standard InChI is InChI=1S/C11H14IN3O3/c1-6(2)10(11(13)16)14-8-4-3-7(12)5-9(8)15(17)18/h3-6,10,14H,1-2H3,(H2,13,16). The number of benzene rings is 1. The minimum atomic E-state index is -0.635. The van der Waals surface area contributed by atoms with Crippen LogP contribution in [0.1, 0.15) is 13.8 Å². The molecule has 0 aromatic heterocycles. The van der Waals surface area contributed by atoms with Gasteiger partial charge in [0.25, 0.3) is 5.69 Å². The van der Waals surface area contributed by atoms with Crippen molar-refractivity contribution in [3.05, 3.63) is 31.9 Å². The van der Waals surface area contributed by atoms with Crippen molar-refractivity contribution in [3.63, 3.8) is 0 Å². The van der Waals surface area contributed by atoms with Gasteiger partial charge in [-0.2, -0.15) is 0 Å². The molecule has 0 saturated heterocycles. The predicted molar refractivity (Wildman–Crippen MR) is 77.3 cm³/mol. The van der Waals surface area contributed by atoms with Gasteiger partial charge in [-0.3, -0.25) is 14.9 Å². The van der Waals surface area contributed by atoms with Gasteiger partial charge >= 0.3 is 0 Å². The average Bonchev–Trinajstić information content (AvgIpc) is 2.25. The molecule has 0 bridgehead atoms. The van der Waals surface area contributed by atoms with Crippen LogP contribution in [0.3, 0.4) is 0 Å². The number of hydrogen-bond donors (Lipinski definition) is 2. The Morgan fingerprint density at radius 2 is 2.11 bits per heavy atom. The van der Waals surface area contributed by atoms with Gasteiger partial charge < -0.3 is 11.1 Å². The summed E-state index contributed by atoms with van der Waals surface area (Å²) >= 11 is 1.99. The maximum atomic E-state index is 11.3. The van der Waals surface area contributed by atoms with Crippen LogP contribution in [0, 0.1) is 19.6 Å². The molecule has 7 heteroatoms. The number of primary amides is 1. The van der Waals surface area contributed by atoms with Crippen LogP contribution in [-0.2, 0) is 4.79 Å². The van der Waals surface area contributed by atoms with Crippen molar-refractivity contribution in [2.45, 2.75) is 19.9 Å². The molecule has 3 N–H and O–H groups in total. The Morgan fingerprint density at radius 3 is 2.56 bits per heavy atom. The number of carbonyl (C=O) groups is 1. The largest absolute Gasteiger partial charge is 0.368 e. The number of nitrogens with one attached hydrogen (secondary N) is 1. The summed E-state index contributed by atoms with van der Waals surface area (Å²) in [5.74, 6) is -0.584. The first-order valence-corrected chi connectivity index (χ1v) is 6.40. The molecule has 0 radical (unpaired) electrons. The Hall–Kier alpha value is -1.38. The number of halogens is 1. The van der Waals surface area contributed by atoms with E-state index >= 15 is 0 Å². The lowest BCUT2D eigenvalue weighted by Crippen LogP contribution is -2.39. The van der Waals surface area contributed by atoms with Crippen molar-refractivity contribution in [3.8, 4) is 0 Å². The van der Waals surface area contributed by atoms with Crippen LogP contribution in [0.4, 0.5) is 11.4 Å². The predicted octanol–water partition coefficient (Wildman–Crippen LogP) is 2.12. The van der Waals surface area contributed by atoms with Crippen molar-refractivity contribution < 1.29 is 9.72 Å². The van der Waals surface area contributed by atoms with E-state index in [1.807, 2.05) is 36.4 Å². The molecule has 1 unspecified atom stereocenters. The van der Waals surface area contributed by atoms with Crippen LogP contribution >= 0.6 is 22.6 Å². The van der Waals surface area contributed by atoms with E-state index in [1.54, 1.807) is 12.1 Å². The number of hydrogen-bond acceptors (Lipinski definition) is 4. The molecular formula is C11H14IN3O3. The van der Waals surface area contributed by atoms with Gasteiger partial charge in [0.2, 0.25) is 5.91 Å². The van der Waals surface area contributed by atoms with E-state index in [4.69, 9.17) is 5.73 Å². The van der Waals surface area contributed by atoms with Crippen LogP contribution in [0.2, 0.25) is 0 Å². The molecule has 6 nitrogen and oxygen atoms in total.